The summed E-state index contributed by atoms with van der Waals surface area (Å²) in [4.78, 5) is 8.65. The molecule has 2 N–H and O–H groups in total. The molecule has 1 heterocycles. The van der Waals surface area contributed by atoms with Crippen LogP contribution in [-0.2, 0) is 0 Å². The minimum atomic E-state index is -4.31. The van der Waals surface area contributed by atoms with Gasteiger partial charge < -0.3 is 15.4 Å². The summed E-state index contributed by atoms with van der Waals surface area (Å²) in [6.45, 7) is 1.20. The third-order valence-corrected chi connectivity index (χ3v) is 2.01. The Morgan fingerprint density at radius 3 is 2.67 bits per heavy atom. The lowest BCUT2D eigenvalue weighted by Gasteiger charge is -2.24. The molecule has 5 nitrogen and oxygen atoms in total. The molecule has 0 bridgehead atoms. The van der Waals surface area contributed by atoms with E-state index in [1.165, 1.54) is 12.4 Å². The van der Waals surface area contributed by atoms with E-state index in [1.807, 2.05) is 0 Å². The molecule has 0 saturated heterocycles. The first-order chi connectivity index (χ1) is 8.46. The first kappa shape index (κ1) is 14.5. The zero-order valence-electron chi connectivity index (χ0n) is 9.94. The van der Waals surface area contributed by atoms with Crippen molar-refractivity contribution in [3.63, 3.8) is 0 Å². The minimum absolute atomic E-state index is 0.0576. The second-order valence-electron chi connectivity index (χ2n) is 3.47. The third-order valence-electron chi connectivity index (χ3n) is 2.01. The Kier molecular flexibility index (Phi) is 5.14. The molecule has 0 spiro atoms. The quantitative estimate of drug-likeness (QED) is 0.836. The molecule has 1 rings (SSSR count). The molecule has 0 saturated carbocycles. The first-order valence-corrected chi connectivity index (χ1v) is 5.43. The van der Waals surface area contributed by atoms with E-state index in [0.29, 0.717) is 6.61 Å². The minimum Gasteiger partial charge on any atom is -0.478 e. The Balaban J connectivity index is 2.87. The monoisotopic (exact) mass is 264 g/mol. The van der Waals surface area contributed by atoms with Gasteiger partial charge in [-0.15, -0.1) is 0 Å². The van der Waals surface area contributed by atoms with Crippen molar-refractivity contribution < 1.29 is 17.9 Å². The molecular formula is C10H15F3N4O. The van der Waals surface area contributed by atoms with Crippen LogP contribution in [0.3, 0.4) is 0 Å². The lowest BCUT2D eigenvalue weighted by atomic mass is 10.4. The predicted octanol–water partition coefficient (Wildman–Crippen LogP) is 1.20. The van der Waals surface area contributed by atoms with Gasteiger partial charge in [-0.1, -0.05) is 0 Å². The Morgan fingerprint density at radius 1 is 1.39 bits per heavy atom. The van der Waals surface area contributed by atoms with Gasteiger partial charge in [0.15, 0.2) is 0 Å². The fourth-order valence-corrected chi connectivity index (χ4v) is 1.38. The summed E-state index contributed by atoms with van der Waals surface area (Å²) in [5.74, 6) is 0.392. The number of nitrogens with zero attached hydrogens (tertiary/aromatic N) is 3. The van der Waals surface area contributed by atoms with Gasteiger partial charge in [0.25, 0.3) is 0 Å². The maximum absolute atomic E-state index is 12.4. The number of anilines is 1. The average molecular weight is 264 g/mol. The molecule has 0 aliphatic heterocycles. The van der Waals surface area contributed by atoms with Gasteiger partial charge in [-0.25, -0.2) is 9.97 Å². The molecule has 18 heavy (non-hydrogen) atoms. The van der Waals surface area contributed by atoms with Crippen LogP contribution in [0.2, 0.25) is 0 Å². The Bertz CT molecular complexity index is 372. The van der Waals surface area contributed by atoms with Gasteiger partial charge in [-0.05, 0) is 6.92 Å². The van der Waals surface area contributed by atoms with E-state index < -0.39 is 12.7 Å². The van der Waals surface area contributed by atoms with E-state index in [9.17, 15) is 13.2 Å². The van der Waals surface area contributed by atoms with E-state index in [0.717, 1.165) is 4.90 Å². The Labute approximate surface area is 103 Å². The summed E-state index contributed by atoms with van der Waals surface area (Å²) in [7, 11) is 0. The SMILES string of the molecule is CCOc1cc(N(CCN)CC(F)(F)F)ncn1. The summed E-state index contributed by atoms with van der Waals surface area (Å²) >= 11 is 0. The molecule has 0 aliphatic rings. The van der Waals surface area contributed by atoms with Crippen LogP contribution >= 0.6 is 0 Å². The number of aromatic nitrogens is 2. The molecule has 0 aliphatic carbocycles. The van der Waals surface area contributed by atoms with E-state index in [1.54, 1.807) is 6.92 Å². The fourth-order valence-electron chi connectivity index (χ4n) is 1.38. The van der Waals surface area contributed by atoms with Crippen LogP contribution in [0, 0.1) is 0 Å². The van der Waals surface area contributed by atoms with Crippen LogP contribution in [0.4, 0.5) is 19.0 Å². The van der Waals surface area contributed by atoms with Crippen LogP contribution in [0.15, 0.2) is 12.4 Å². The van der Waals surface area contributed by atoms with Crippen molar-refractivity contribution in [2.45, 2.75) is 13.1 Å². The van der Waals surface area contributed by atoms with Crippen molar-refractivity contribution in [2.24, 2.45) is 5.73 Å². The van der Waals surface area contributed by atoms with E-state index in [4.69, 9.17) is 10.5 Å². The van der Waals surface area contributed by atoms with Gasteiger partial charge in [-0.3, -0.25) is 0 Å². The number of alkyl halides is 3. The number of nitrogens with two attached hydrogens (primary N) is 1. The molecule has 102 valence electrons. The Hall–Kier alpha value is -1.57. The van der Waals surface area contributed by atoms with E-state index >= 15 is 0 Å². The molecular weight excluding hydrogens is 249 g/mol. The van der Waals surface area contributed by atoms with Gasteiger partial charge in [0.05, 0.1) is 6.61 Å². The molecule has 8 heteroatoms. The van der Waals surface area contributed by atoms with Gasteiger partial charge in [0, 0.05) is 19.2 Å². The molecule has 0 fully saturated rings. The maximum atomic E-state index is 12.4. The summed E-state index contributed by atoms with van der Waals surface area (Å²) in [6.07, 6.45) is -3.15. The number of rotatable bonds is 6. The third kappa shape index (κ3) is 4.74. The van der Waals surface area contributed by atoms with Gasteiger partial charge in [0.2, 0.25) is 5.88 Å². The van der Waals surface area contributed by atoms with Gasteiger partial charge >= 0.3 is 6.18 Å². The summed E-state index contributed by atoms with van der Waals surface area (Å²) in [6, 6.07) is 1.37. The number of halogens is 3. The van der Waals surface area contributed by atoms with Crippen LogP contribution in [0.25, 0.3) is 0 Å². The van der Waals surface area contributed by atoms with Crippen molar-refractivity contribution in [1.82, 2.24) is 9.97 Å². The highest BCUT2D eigenvalue weighted by Crippen LogP contribution is 2.21. The largest absolute Gasteiger partial charge is 0.478 e. The molecule has 1 aromatic heterocycles. The smallest absolute Gasteiger partial charge is 0.405 e. The summed E-state index contributed by atoms with van der Waals surface area (Å²) < 4.78 is 42.3. The molecule has 0 amide bonds. The second-order valence-corrected chi connectivity index (χ2v) is 3.47. The first-order valence-electron chi connectivity index (χ1n) is 5.43. The maximum Gasteiger partial charge on any atom is 0.405 e. The van der Waals surface area contributed by atoms with Crippen LogP contribution in [0.5, 0.6) is 5.88 Å². The average Bonchev–Trinajstić information content (AvgIpc) is 2.28. The fraction of sp³-hybridized carbons (Fsp3) is 0.600. The molecule has 1 aromatic rings. The summed E-state index contributed by atoms with van der Waals surface area (Å²) in [5, 5.41) is 0. The van der Waals surface area contributed by atoms with E-state index in [2.05, 4.69) is 9.97 Å². The molecule has 0 unspecified atom stereocenters. The van der Waals surface area contributed by atoms with Crippen LogP contribution < -0.4 is 15.4 Å². The van der Waals surface area contributed by atoms with Gasteiger partial charge in [-0.2, -0.15) is 13.2 Å². The van der Waals surface area contributed by atoms with Gasteiger partial charge in [0.1, 0.15) is 18.7 Å². The standard InChI is InChI=1S/C10H15F3N4O/c1-2-18-9-5-8(15-7-16-9)17(4-3-14)6-10(11,12)13/h5,7H,2-4,6,14H2,1H3. The number of ether oxygens (including phenoxy) is 1. The molecule has 0 aromatic carbocycles. The summed E-state index contributed by atoms with van der Waals surface area (Å²) in [5.41, 5.74) is 5.30. The zero-order valence-corrected chi connectivity index (χ0v) is 9.94. The highest BCUT2D eigenvalue weighted by molar-refractivity contribution is 5.41. The van der Waals surface area contributed by atoms with Crippen molar-refractivity contribution in [1.29, 1.82) is 0 Å². The lowest BCUT2D eigenvalue weighted by molar-refractivity contribution is -0.119. The lowest BCUT2D eigenvalue weighted by Crippen LogP contribution is -2.38. The van der Waals surface area contributed by atoms with Crippen molar-refractivity contribution in [3.05, 3.63) is 12.4 Å². The Morgan fingerprint density at radius 2 is 2.11 bits per heavy atom. The zero-order chi connectivity index (χ0) is 13.6. The van der Waals surface area contributed by atoms with Crippen molar-refractivity contribution in [3.8, 4) is 5.88 Å². The topological polar surface area (TPSA) is 64.3 Å². The van der Waals surface area contributed by atoms with Crippen LogP contribution in [-0.4, -0.2) is 42.4 Å². The normalized spacial score (nSPS) is 11.4. The highest BCUT2D eigenvalue weighted by Gasteiger charge is 2.31. The van der Waals surface area contributed by atoms with Crippen molar-refractivity contribution in [2.75, 3.05) is 31.1 Å². The molecule has 0 atom stereocenters. The van der Waals surface area contributed by atoms with E-state index in [-0.39, 0.29) is 24.8 Å². The molecule has 0 radical (unpaired) electrons. The highest BCUT2D eigenvalue weighted by atomic mass is 19.4. The van der Waals surface area contributed by atoms with Crippen molar-refractivity contribution >= 4 is 5.82 Å². The number of hydrogen-bond donors (Lipinski definition) is 1. The van der Waals surface area contributed by atoms with Crippen LogP contribution in [0.1, 0.15) is 6.92 Å². The predicted molar refractivity (Wildman–Crippen MR) is 60.5 cm³/mol. The second kappa shape index (κ2) is 6.39. The number of hydrogen-bond acceptors (Lipinski definition) is 5.